The van der Waals surface area contributed by atoms with Crippen molar-refractivity contribution in [1.82, 2.24) is 15.6 Å². The molecule has 12 heteroatoms. The smallest absolute Gasteiger partial charge is 0.234 e. The second-order valence-corrected chi connectivity index (χ2v) is 8.74. The van der Waals surface area contributed by atoms with Gasteiger partial charge in [-0.3, -0.25) is 24.6 Å². The van der Waals surface area contributed by atoms with Gasteiger partial charge >= 0.3 is 0 Å². The van der Waals surface area contributed by atoms with Gasteiger partial charge in [0.2, 0.25) is 5.91 Å². The summed E-state index contributed by atoms with van der Waals surface area (Å²) in [5, 5.41) is 11.1. The van der Waals surface area contributed by atoms with E-state index in [0.29, 0.717) is 35.8 Å². The molecule has 0 aromatic carbocycles. The van der Waals surface area contributed by atoms with Crippen molar-refractivity contribution in [2.45, 2.75) is 37.4 Å². The van der Waals surface area contributed by atoms with Crippen molar-refractivity contribution in [3.05, 3.63) is 23.4 Å². The molecule has 1 aromatic heterocycles. The van der Waals surface area contributed by atoms with Gasteiger partial charge in [-0.15, -0.1) is 4.91 Å². The molecule has 1 amide bonds. The average Bonchev–Trinajstić information content (AvgIpc) is 2.72. The van der Waals surface area contributed by atoms with Gasteiger partial charge in [-0.05, 0) is 12.8 Å². The fraction of sp³-hybridized carbons (Fsp3) is 0.647. The molecule has 2 saturated heterocycles. The van der Waals surface area contributed by atoms with Crippen molar-refractivity contribution in [3.63, 3.8) is 0 Å². The molecule has 29 heavy (non-hydrogen) atoms. The Balaban J connectivity index is 1.70. The van der Waals surface area contributed by atoms with E-state index in [2.05, 4.69) is 26.1 Å². The van der Waals surface area contributed by atoms with Crippen LogP contribution in [-0.2, 0) is 15.6 Å². The van der Waals surface area contributed by atoms with Crippen molar-refractivity contribution in [1.29, 1.82) is 0 Å². The maximum absolute atomic E-state index is 13.4. The SMILES string of the molecule is NC(N=O)C(C(=O)Nc1cnccc1OC1CCS(=O)CC1)C1NCC(F)CN1. The number of halogens is 1. The van der Waals surface area contributed by atoms with E-state index in [1.807, 2.05) is 0 Å². The number of aromatic nitrogens is 1. The molecule has 5 N–H and O–H groups in total. The fourth-order valence-electron chi connectivity index (χ4n) is 3.34. The van der Waals surface area contributed by atoms with Crippen molar-refractivity contribution in [2.75, 3.05) is 29.9 Å². The molecule has 0 bridgehead atoms. The minimum Gasteiger partial charge on any atom is -0.488 e. The quantitative estimate of drug-likeness (QED) is 0.438. The number of alkyl halides is 1. The number of ether oxygens (including phenoxy) is 1. The largest absolute Gasteiger partial charge is 0.488 e. The van der Waals surface area contributed by atoms with Crippen LogP contribution < -0.4 is 26.4 Å². The Labute approximate surface area is 170 Å². The van der Waals surface area contributed by atoms with E-state index in [1.54, 1.807) is 6.07 Å². The van der Waals surface area contributed by atoms with E-state index in [0.717, 1.165) is 0 Å². The lowest BCUT2D eigenvalue weighted by molar-refractivity contribution is -0.122. The number of rotatable bonds is 7. The van der Waals surface area contributed by atoms with E-state index in [1.165, 1.54) is 12.4 Å². The third-order valence-electron chi connectivity index (χ3n) is 4.94. The highest BCUT2D eigenvalue weighted by molar-refractivity contribution is 7.85. The summed E-state index contributed by atoms with van der Waals surface area (Å²) in [6.07, 6.45) is 1.05. The van der Waals surface area contributed by atoms with Crippen molar-refractivity contribution >= 4 is 22.4 Å². The third-order valence-corrected chi connectivity index (χ3v) is 6.32. The second kappa shape index (κ2) is 10.1. The average molecular weight is 428 g/mol. The van der Waals surface area contributed by atoms with Gasteiger partial charge in [-0.1, -0.05) is 5.18 Å². The first-order valence-corrected chi connectivity index (χ1v) is 10.9. The summed E-state index contributed by atoms with van der Waals surface area (Å²) in [5.74, 6) is -0.0555. The molecular weight excluding hydrogens is 403 g/mol. The summed E-state index contributed by atoms with van der Waals surface area (Å²) in [4.78, 5) is 27.9. The molecule has 0 saturated carbocycles. The topological polar surface area (TPSA) is 148 Å². The van der Waals surface area contributed by atoms with Crippen LogP contribution in [0.5, 0.6) is 5.75 Å². The van der Waals surface area contributed by atoms with Gasteiger partial charge < -0.3 is 15.8 Å². The van der Waals surface area contributed by atoms with Crippen molar-refractivity contribution < 1.29 is 18.1 Å². The first-order valence-electron chi connectivity index (χ1n) is 9.43. The summed E-state index contributed by atoms with van der Waals surface area (Å²) in [6, 6.07) is 1.62. The maximum atomic E-state index is 13.4. The van der Waals surface area contributed by atoms with Crippen LogP contribution in [0.25, 0.3) is 0 Å². The molecule has 2 unspecified atom stereocenters. The molecule has 2 fully saturated rings. The van der Waals surface area contributed by atoms with Crippen LogP contribution in [0, 0.1) is 10.8 Å². The fourth-order valence-corrected chi connectivity index (χ4v) is 4.60. The summed E-state index contributed by atoms with van der Waals surface area (Å²) >= 11 is 0. The van der Waals surface area contributed by atoms with E-state index in [4.69, 9.17) is 10.5 Å². The normalized spacial score (nSPS) is 29.4. The molecule has 2 aliphatic heterocycles. The summed E-state index contributed by atoms with van der Waals surface area (Å²) < 4.78 is 30.9. The molecule has 0 spiro atoms. The standard InChI is InChI=1S/C17H25FN6O4S/c18-10-7-21-16(22-8-10)14(15(19)24-26)17(25)23-12-9-20-4-1-13(12)28-11-2-5-29(27)6-3-11/h1,4,9-11,14-16,21-22H,2-3,5-8,19H2,(H,23,25). The molecular formula is C17H25FN6O4S. The number of nitrogens with two attached hydrogens (primary N) is 1. The van der Waals surface area contributed by atoms with Crippen LogP contribution in [-0.4, -0.2) is 64.3 Å². The molecule has 3 rings (SSSR count). The first kappa shape index (κ1) is 21.7. The number of nitroso groups, excluding NO2 is 1. The lowest BCUT2D eigenvalue weighted by Gasteiger charge is -2.33. The maximum Gasteiger partial charge on any atom is 0.234 e. The molecule has 3 heterocycles. The zero-order chi connectivity index (χ0) is 20.8. The molecule has 2 aliphatic rings. The van der Waals surface area contributed by atoms with Gasteiger partial charge in [0.25, 0.3) is 0 Å². The highest BCUT2D eigenvalue weighted by atomic mass is 32.2. The highest BCUT2D eigenvalue weighted by Gasteiger charge is 2.37. The molecule has 10 nitrogen and oxygen atoms in total. The molecule has 160 valence electrons. The number of hydrogen-bond acceptors (Lipinski definition) is 9. The van der Waals surface area contributed by atoms with Gasteiger partial charge in [0.15, 0.2) is 6.17 Å². The van der Waals surface area contributed by atoms with E-state index in [-0.39, 0.29) is 19.2 Å². The van der Waals surface area contributed by atoms with E-state index < -0.39 is 41.1 Å². The zero-order valence-electron chi connectivity index (χ0n) is 15.8. The summed E-state index contributed by atoms with van der Waals surface area (Å²) in [7, 11) is -0.808. The Kier molecular flexibility index (Phi) is 7.58. The van der Waals surface area contributed by atoms with Crippen LogP contribution in [0.2, 0.25) is 0 Å². The Bertz CT molecular complexity index is 738. The van der Waals surface area contributed by atoms with Crippen LogP contribution >= 0.6 is 0 Å². The number of carbonyl (C=O) groups is 1. The predicted octanol–water partition coefficient (Wildman–Crippen LogP) is -0.166. The first-order chi connectivity index (χ1) is 14.0. The Morgan fingerprint density at radius 2 is 2.07 bits per heavy atom. The molecule has 2 atom stereocenters. The molecule has 0 radical (unpaired) electrons. The van der Waals surface area contributed by atoms with Gasteiger partial charge in [0.05, 0.1) is 12.4 Å². The van der Waals surface area contributed by atoms with Crippen LogP contribution in [0.1, 0.15) is 12.8 Å². The predicted molar refractivity (Wildman–Crippen MR) is 106 cm³/mol. The van der Waals surface area contributed by atoms with Crippen molar-refractivity contribution in [2.24, 2.45) is 16.8 Å². The van der Waals surface area contributed by atoms with Crippen LogP contribution in [0.3, 0.4) is 0 Å². The number of anilines is 1. The molecule has 0 aliphatic carbocycles. The molecule has 1 aromatic rings. The van der Waals surface area contributed by atoms with E-state index >= 15 is 0 Å². The minimum absolute atomic E-state index is 0.0390. The lowest BCUT2D eigenvalue weighted by atomic mass is 9.99. The third kappa shape index (κ3) is 5.75. The van der Waals surface area contributed by atoms with Crippen LogP contribution in [0.15, 0.2) is 23.6 Å². The number of carbonyl (C=O) groups excluding carboxylic acids is 1. The lowest BCUT2D eigenvalue weighted by Crippen LogP contribution is -2.62. The summed E-state index contributed by atoms with van der Waals surface area (Å²) in [6.45, 7) is 0.0780. The number of pyridine rings is 1. The summed E-state index contributed by atoms with van der Waals surface area (Å²) in [5.41, 5.74) is 6.07. The second-order valence-electron chi connectivity index (χ2n) is 7.04. The monoisotopic (exact) mass is 428 g/mol. The van der Waals surface area contributed by atoms with Gasteiger partial charge in [-0.25, -0.2) is 4.39 Å². The number of nitrogens with one attached hydrogen (secondary N) is 3. The minimum atomic E-state index is -1.33. The number of hydrogen-bond donors (Lipinski definition) is 4. The number of amides is 1. The van der Waals surface area contributed by atoms with Gasteiger partial charge in [-0.2, -0.15) is 0 Å². The van der Waals surface area contributed by atoms with Crippen molar-refractivity contribution in [3.8, 4) is 5.75 Å². The van der Waals surface area contributed by atoms with E-state index in [9.17, 15) is 18.3 Å². The van der Waals surface area contributed by atoms with Gasteiger partial charge in [0.1, 0.15) is 29.6 Å². The highest BCUT2D eigenvalue weighted by Crippen LogP contribution is 2.27. The van der Waals surface area contributed by atoms with Crippen LogP contribution in [0.4, 0.5) is 10.1 Å². The van der Waals surface area contributed by atoms with Gasteiger partial charge in [0, 0.05) is 47.7 Å². The number of nitrogens with zero attached hydrogens (tertiary/aromatic N) is 2. The Morgan fingerprint density at radius 1 is 1.38 bits per heavy atom. The Morgan fingerprint density at radius 3 is 2.72 bits per heavy atom. The zero-order valence-corrected chi connectivity index (χ0v) is 16.6. The Hall–Kier alpha value is -2.02.